The quantitative estimate of drug-likeness (QED) is 0.799. The summed E-state index contributed by atoms with van der Waals surface area (Å²) in [4.78, 5) is 20.7. The highest BCUT2D eigenvalue weighted by Crippen LogP contribution is 2.23. The molecule has 4 rings (SSSR count). The average molecular weight is 368 g/mol. The maximum Gasteiger partial charge on any atom is 0.228 e. The first-order valence-corrected chi connectivity index (χ1v) is 9.82. The third-order valence-corrected chi connectivity index (χ3v) is 5.49. The number of anilines is 2. The van der Waals surface area contributed by atoms with Gasteiger partial charge in [0.1, 0.15) is 5.82 Å². The first-order valence-electron chi connectivity index (χ1n) is 9.82. The minimum atomic E-state index is 0.632. The Morgan fingerprint density at radius 3 is 2.67 bits per heavy atom. The van der Waals surface area contributed by atoms with Crippen LogP contribution in [-0.4, -0.2) is 72.8 Å². The number of piperazine rings is 1. The number of piperidine rings is 1. The lowest BCUT2D eigenvalue weighted by atomic mass is 9.97. The summed E-state index contributed by atoms with van der Waals surface area (Å²) in [5.41, 5.74) is 0. The standard InChI is InChI=1S/C20H28N6O/c1-27-19-7-9-22-20(23-19)26-10-4-5-17(16-26)15-24-11-13-25(14-12-24)18-6-2-3-8-21-18/h2-3,6-9,17H,4-5,10-16H2,1H3. The van der Waals surface area contributed by atoms with Crippen LogP contribution in [0.1, 0.15) is 12.8 Å². The maximum atomic E-state index is 5.24. The molecule has 0 spiro atoms. The molecule has 2 saturated heterocycles. The molecule has 0 bridgehead atoms. The lowest BCUT2D eigenvalue weighted by Gasteiger charge is -2.39. The van der Waals surface area contributed by atoms with Gasteiger partial charge in [-0.2, -0.15) is 4.98 Å². The fraction of sp³-hybridized carbons (Fsp3) is 0.550. The molecule has 2 aromatic rings. The number of methoxy groups -OCH3 is 1. The lowest BCUT2D eigenvalue weighted by Crippen LogP contribution is -2.50. The highest BCUT2D eigenvalue weighted by Gasteiger charge is 2.26. The van der Waals surface area contributed by atoms with Crippen molar-refractivity contribution in [2.75, 3.05) is 62.7 Å². The van der Waals surface area contributed by atoms with Crippen LogP contribution in [0.2, 0.25) is 0 Å². The van der Waals surface area contributed by atoms with E-state index in [9.17, 15) is 0 Å². The normalized spacial score (nSPS) is 21.3. The number of rotatable bonds is 5. The second-order valence-corrected chi connectivity index (χ2v) is 7.33. The average Bonchev–Trinajstić information content (AvgIpc) is 2.75. The van der Waals surface area contributed by atoms with Gasteiger partial charge in [0.25, 0.3) is 0 Å². The summed E-state index contributed by atoms with van der Waals surface area (Å²) in [5, 5.41) is 0. The van der Waals surface area contributed by atoms with E-state index < -0.39 is 0 Å². The van der Waals surface area contributed by atoms with Gasteiger partial charge in [-0.1, -0.05) is 6.07 Å². The highest BCUT2D eigenvalue weighted by molar-refractivity contribution is 5.38. The molecule has 2 aliphatic heterocycles. The molecule has 144 valence electrons. The van der Waals surface area contributed by atoms with Gasteiger partial charge in [0, 0.05) is 64.3 Å². The van der Waals surface area contributed by atoms with Gasteiger partial charge >= 0.3 is 0 Å². The van der Waals surface area contributed by atoms with Crippen LogP contribution in [-0.2, 0) is 0 Å². The number of ether oxygens (including phenoxy) is 1. The number of nitrogens with zero attached hydrogens (tertiary/aromatic N) is 6. The maximum absolute atomic E-state index is 5.24. The predicted octanol–water partition coefficient (Wildman–Crippen LogP) is 1.92. The molecule has 7 nitrogen and oxygen atoms in total. The summed E-state index contributed by atoms with van der Waals surface area (Å²) in [6.45, 7) is 7.49. The third-order valence-electron chi connectivity index (χ3n) is 5.49. The Labute approximate surface area is 161 Å². The van der Waals surface area contributed by atoms with E-state index in [2.05, 4.69) is 41.8 Å². The Kier molecular flexibility index (Phi) is 5.67. The largest absolute Gasteiger partial charge is 0.481 e. The van der Waals surface area contributed by atoms with Gasteiger partial charge in [0.15, 0.2) is 0 Å². The monoisotopic (exact) mass is 368 g/mol. The molecular weight excluding hydrogens is 340 g/mol. The fourth-order valence-corrected chi connectivity index (χ4v) is 4.06. The van der Waals surface area contributed by atoms with E-state index in [-0.39, 0.29) is 0 Å². The van der Waals surface area contributed by atoms with Crippen LogP contribution in [0.25, 0.3) is 0 Å². The topological polar surface area (TPSA) is 57.6 Å². The van der Waals surface area contributed by atoms with Crippen molar-refractivity contribution < 1.29 is 4.74 Å². The van der Waals surface area contributed by atoms with Crippen LogP contribution in [0.5, 0.6) is 5.88 Å². The van der Waals surface area contributed by atoms with Crippen molar-refractivity contribution in [2.24, 2.45) is 5.92 Å². The molecule has 1 atom stereocenters. The van der Waals surface area contributed by atoms with Crippen LogP contribution in [0.4, 0.5) is 11.8 Å². The number of aromatic nitrogens is 3. The van der Waals surface area contributed by atoms with E-state index in [1.165, 1.54) is 12.8 Å². The summed E-state index contributed by atoms with van der Waals surface area (Å²) < 4.78 is 5.24. The van der Waals surface area contributed by atoms with E-state index in [4.69, 9.17) is 4.74 Å². The number of hydrogen-bond acceptors (Lipinski definition) is 7. The van der Waals surface area contributed by atoms with Crippen molar-refractivity contribution in [3.8, 4) is 5.88 Å². The molecule has 2 fully saturated rings. The van der Waals surface area contributed by atoms with Crippen molar-refractivity contribution in [2.45, 2.75) is 12.8 Å². The Bertz CT molecular complexity index is 719. The summed E-state index contributed by atoms with van der Waals surface area (Å²) in [6, 6.07) is 7.93. The van der Waals surface area contributed by atoms with Gasteiger partial charge in [0.05, 0.1) is 7.11 Å². The lowest BCUT2D eigenvalue weighted by molar-refractivity contribution is 0.205. The van der Waals surface area contributed by atoms with Crippen molar-refractivity contribution >= 4 is 11.8 Å². The fourth-order valence-electron chi connectivity index (χ4n) is 4.06. The zero-order valence-electron chi connectivity index (χ0n) is 16.0. The van der Waals surface area contributed by atoms with E-state index in [1.807, 2.05) is 12.3 Å². The van der Waals surface area contributed by atoms with E-state index >= 15 is 0 Å². The van der Waals surface area contributed by atoms with Gasteiger partial charge in [-0.25, -0.2) is 9.97 Å². The third kappa shape index (κ3) is 4.47. The number of pyridine rings is 1. The molecule has 27 heavy (non-hydrogen) atoms. The van der Waals surface area contributed by atoms with Crippen LogP contribution in [0.15, 0.2) is 36.7 Å². The SMILES string of the molecule is COc1ccnc(N2CCCC(CN3CCN(c4ccccn4)CC3)C2)n1. The Morgan fingerprint density at radius 2 is 1.89 bits per heavy atom. The highest BCUT2D eigenvalue weighted by atomic mass is 16.5. The van der Waals surface area contributed by atoms with Crippen molar-refractivity contribution in [3.05, 3.63) is 36.7 Å². The minimum absolute atomic E-state index is 0.632. The van der Waals surface area contributed by atoms with Gasteiger partial charge in [-0.3, -0.25) is 4.90 Å². The van der Waals surface area contributed by atoms with Gasteiger partial charge in [0.2, 0.25) is 11.8 Å². The first kappa shape index (κ1) is 18.0. The molecule has 0 aromatic carbocycles. The minimum Gasteiger partial charge on any atom is -0.481 e. The number of hydrogen-bond donors (Lipinski definition) is 0. The Balaban J connectivity index is 1.30. The molecule has 0 aliphatic carbocycles. The van der Waals surface area contributed by atoms with Gasteiger partial charge < -0.3 is 14.5 Å². The van der Waals surface area contributed by atoms with Crippen LogP contribution in [0, 0.1) is 5.92 Å². The van der Waals surface area contributed by atoms with Crippen molar-refractivity contribution in [1.82, 2.24) is 19.9 Å². The van der Waals surface area contributed by atoms with Crippen molar-refractivity contribution in [3.63, 3.8) is 0 Å². The zero-order valence-corrected chi connectivity index (χ0v) is 16.0. The summed E-state index contributed by atoms with van der Waals surface area (Å²) in [6.07, 6.45) is 6.13. The second-order valence-electron chi connectivity index (χ2n) is 7.33. The van der Waals surface area contributed by atoms with Crippen LogP contribution in [0.3, 0.4) is 0 Å². The first-order chi connectivity index (χ1) is 13.3. The molecule has 0 N–H and O–H groups in total. The van der Waals surface area contributed by atoms with Gasteiger partial charge in [-0.05, 0) is 30.9 Å². The van der Waals surface area contributed by atoms with Crippen molar-refractivity contribution in [1.29, 1.82) is 0 Å². The smallest absolute Gasteiger partial charge is 0.228 e. The molecule has 7 heteroatoms. The predicted molar refractivity (Wildman–Crippen MR) is 106 cm³/mol. The summed E-state index contributed by atoms with van der Waals surface area (Å²) >= 11 is 0. The van der Waals surface area contributed by atoms with Crippen LogP contribution >= 0.6 is 0 Å². The molecule has 0 saturated carbocycles. The molecule has 0 radical (unpaired) electrons. The van der Waals surface area contributed by atoms with Crippen LogP contribution < -0.4 is 14.5 Å². The molecule has 0 amide bonds. The summed E-state index contributed by atoms with van der Waals surface area (Å²) in [7, 11) is 1.65. The molecule has 2 aliphatic rings. The summed E-state index contributed by atoms with van der Waals surface area (Å²) in [5.74, 6) is 3.18. The molecule has 1 unspecified atom stereocenters. The molecule has 2 aromatic heterocycles. The van der Waals surface area contributed by atoms with E-state index in [0.29, 0.717) is 11.8 Å². The van der Waals surface area contributed by atoms with E-state index in [0.717, 1.165) is 57.6 Å². The molecule has 4 heterocycles. The molecular formula is C20H28N6O. The zero-order chi connectivity index (χ0) is 18.5. The Hall–Kier alpha value is -2.41. The Morgan fingerprint density at radius 1 is 1.00 bits per heavy atom. The van der Waals surface area contributed by atoms with E-state index in [1.54, 1.807) is 19.4 Å². The van der Waals surface area contributed by atoms with Gasteiger partial charge in [-0.15, -0.1) is 0 Å². The second kappa shape index (κ2) is 8.52.